The van der Waals surface area contributed by atoms with E-state index in [2.05, 4.69) is 10.4 Å². The molecule has 0 spiro atoms. The molecule has 1 aromatic heterocycles. The highest BCUT2D eigenvalue weighted by Gasteiger charge is 2.37. The van der Waals surface area contributed by atoms with Crippen LogP contribution in [0.25, 0.3) is 0 Å². The summed E-state index contributed by atoms with van der Waals surface area (Å²) in [6.07, 6.45) is -2.72. The first-order valence-electron chi connectivity index (χ1n) is 10.1. The van der Waals surface area contributed by atoms with Crippen molar-refractivity contribution in [3.05, 3.63) is 41.2 Å². The maximum Gasteiger partial charge on any atom is 0.435 e. The second-order valence-electron chi connectivity index (χ2n) is 7.12. The number of nitrogens with zero attached hydrogens (tertiary/aromatic N) is 2. The number of alkyl halides is 3. The van der Waals surface area contributed by atoms with E-state index >= 15 is 0 Å². The number of hydrogen-bond acceptors (Lipinski definition) is 4. The predicted octanol–water partition coefficient (Wildman–Crippen LogP) is 4.28. The number of ether oxygens (including phenoxy) is 2. The Labute approximate surface area is 173 Å². The van der Waals surface area contributed by atoms with Gasteiger partial charge in [-0.25, -0.2) is 0 Å². The number of benzene rings is 1. The van der Waals surface area contributed by atoms with Crippen molar-refractivity contribution in [2.45, 2.75) is 58.3 Å². The van der Waals surface area contributed by atoms with Gasteiger partial charge in [-0.3, -0.25) is 9.48 Å². The van der Waals surface area contributed by atoms with Crippen LogP contribution in [0.3, 0.4) is 0 Å². The molecule has 1 aliphatic rings. The van der Waals surface area contributed by atoms with E-state index in [-0.39, 0.29) is 31.3 Å². The molecule has 0 saturated heterocycles. The monoisotopic (exact) mass is 425 g/mol. The van der Waals surface area contributed by atoms with Crippen molar-refractivity contribution in [1.82, 2.24) is 15.1 Å². The summed E-state index contributed by atoms with van der Waals surface area (Å²) in [6.45, 7) is 5.16. The summed E-state index contributed by atoms with van der Waals surface area (Å²) >= 11 is 0. The van der Waals surface area contributed by atoms with E-state index in [0.717, 1.165) is 24.5 Å². The van der Waals surface area contributed by atoms with E-state index < -0.39 is 11.9 Å². The Morgan fingerprint density at radius 1 is 1.17 bits per heavy atom. The fourth-order valence-electron chi connectivity index (χ4n) is 3.16. The highest BCUT2D eigenvalue weighted by Crippen LogP contribution is 2.42. The number of amides is 1. The zero-order valence-corrected chi connectivity index (χ0v) is 17.1. The molecule has 0 bridgehead atoms. The second kappa shape index (κ2) is 9.40. The zero-order chi connectivity index (χ0) is 21.7. The second-order valence-corrected chi connectivity index (χ2v) is 7.12. The van der Waals surface area contributed by atoms with Crippen molar-refractivity contribution < 1.29 is 27.4 Å². The van der Waals surface area contributed by atoms with E-state index in [9.17, 15) is 18.0 Å². The molecule has 164 valence electrons. The van der Waals surface area contributed by atoms with Crippen LogP contribution in [-0.4, -0.2) is 28.9 Å². The first-order chi connectivity index (χ1) is 14.3. The summed E-state index contributed by atoms with van der Waals surface area (Å²) in [5, 5.41) is 6.47. The van der Waals surface area contributed by atoms with Gasteiger partial charge in [0, 0.05) is 31.1 Å². The molecule has 0 aliphatic heterocycles. The first-order valence-corrected chi connectivity index (χ1v) is 10.1. The van der Waals surface area contributed by atoms with E-state index in [1.54, 1.807) is 6.07 Å². The number of nitrogens with one attached hydrogen (secondary N) is 1. The molecule has 1 amide bonds. The van der Waals surface area contributed by atoms with Gasteiger partial charge >= 0.3 is 6.18 Å². The van der Waals surface area contributed by atoms with Gasteiger partial charge < -0.3 is 14.8 Å². The number of rotatable bonds is 10. The molecule has 3 rings (SSSR count). The third-order valence-corrected chi connectivity index (χ3v) is 4.75. The molecule has 1 aromatic carbocycles. The predicted molar refractivity (Wildman–Crippen MR) is 104 cm³/mol. The van der Waals surface area contributed by atoms with Crippen LogP contribution in [0.1, 0.15) is 56.0 Å². The minimum atomic E-state index is -4.48. The van der Waals surface area contributed by atoms with Crippen LogP contribution in [0, 0.1) is 0 Å². The number of carbonyl (C=O) groups excluding carboxylic acids is 1. The summed E-state index contributed by atoms with van der Waals surface area (Å²) in [4.78, 5) is 12.2. The number of carbonyl (C=O) groups is 1. The van der Waals surface area contributed by atoms with Gasteiger partial charge in [0.2, 0.25) is 5.91 Å². The van der Waals surface area contributed by atoms with Crippen molar-refractivity contribution in [1.29, 1.82) is 0 Å². The lowest BCUT2D eigenvalue weighted by atomic mass is 10.2. The van der Waals surface area contributed by atoms with Crippen LogP contribution in [0.5, 0.6) is 11.5 Å². The van der Waals surface area contributed by atoms with Crippen LogP contribution in [0.4, 0.5) is 13.2 Å². The number of halogens is 3. The highest BCUT2D eigenvalue weighted by atomic mass is 19.4. The van der Waals surface area contributed by atoms with E-state index in [1.165, 1.54) is 4.68 Å². The van der Waals surface area contributed by atoms with Gasteiger partial charge in [0.1, 0.15) is 0 Å². The normalized spacial score (nSPS) is 13.9. The smallest absolute Gasteiger partial charge is 0.435 e. The number of aryl methyl sites for hydroxylation is 1. The molecular weight excluding hydrogens is 399 g/mol. The molecule has 1 saturated carbocycles. The fourth-order valence-corrected chi connectivity index (χ4v) is 3.16. The minimum absolute atomic E-state index is 0.0496. The summed E-state index contributed by atoms with van der Waals surface area (Å²) in [6, 6.07) is 6.54. The standard InChI is InChI=1S/C21H26F3N3O3/c1-3-29-17-8-5-14(11-18(17)30-4-2)13-25-20(28)9-10-27-16(15-6-7-15)12-19(26-27)21(22,23)24/h5,8,11-12,15H,3-4,6-7,9-10,13H2,1-2H3,(H,25,28). The maximum absolute atomic E-state index is 13.0. The van der Waals surface area contributed by atoms with Crippen LogP contribution in [0.15, 0.2) is 24.3 Å². The highest BCUT2D eigenvalue weighted by molar-refractivity contribution is 5.75. The minimum Gasteiger partial charge on any atom is -0.490 e. The topological polar surface area (TPSA) is 65.4 Å². The number of hydrogen-bond donors (Lipinski definition) is 1. The molecule has 1 N–H and O–H groups in total. The summed E-state index contributed by atoms with van der Waals surface area (Å²) in [5.41, 5.74) is 0.498. The van der Waals surface area contributed by atoms with Gasteiger partial charge in [-0.1, -0.05) is 6.07 Å². The SMILES string of the molecule is CCOc1ccc(CNC(=O)CCn2nc(C(F)(F)F)cc2C2CC2)cc1OCC. The number of aromatic nitrogens is 2. The van der Waals surface area contributed by atoms with Gasteiger partial charge in [-0.05, 0) is 50.5 Å². The summed E-state index contributed by atoms with van der Waals surface area (Å²) in [7, 11) is 0. The Bertz CT molecular complexity index is 876. The van der Waals surface area contributed by atoms with Crippen LogP contribution in [0.2, 0.25) is 0 Å². The Kier molecular flexibility index (Phi) is 6.89. The third-order valence-electron chi connectivity index (χ3n) is 4.75. The summed E-state index contributed by atoms with van der Waals surface area (Å²) in [5.74, 6) is 1.10. The lowest BCUT2D eigenvalue weighted by molar-refractivity contribution is -0.141. The quantitative estimate of drug-likeness (QED) is 0.617. The first kappa shape index (κ1) is 22.0. The van der Waals surface area contributed by atoms with E-state index in [0.29, 0.717) is 30.4 Å². The molecule has 1 aliphatic carbocycles. The van der Waals surface area contributed by atoms with Gasteiger partial charge in [-0.2, -0.15) is 18.3 Å². The molecule has 0 unspecified atom stereocenters. The Balaban J connectivity index is 1.57. The van der Waals surface area contributed by atoms with Crippen molar-refractivity contribution in [2.75, 3.05) is 13.2 Å². The van der Waals surface area contributed by atoms with Gasteiger partial charge in [0.15, 0.2) is 17.2 Å². The van der Waals surface area contributed by atoms with Crippen LogP contribution < -0.4 is 14.8 Å². The molecule has 9 heteroatoms. The van der Waals surface area contributed by atoms with E-state index in [4.69, 9.17) is 9.47 Å². The van der Waals surface area contributed by atoms with Gasteiger partial charge in [0.25, 0.3) is 0 Å². The maximum atomic E-state index is 13.0. The van der Waals surface area contributed by atoms with Crippen LogP contribution >= 0.6 is 0 Å². The molecular formula is C21H26F3N3O3. The average molecular weight is 425 g/mol. The lowest BCUT2D eigenvalue weighted by Gasteiger charge is -2.13. The van der Waals surface area contributed by atoms with Gasteiger partial charge in [-0.15, -0.1) is 0 Å². The Morgan fingerprint density at radius 3 is 2.50 bits per heavy atom. The molecule has 2 aromatic rings. The van der Waals surface area contributed by atoms with E-state index in [1.807, 2.05) is 26.0 Å². The molecule has 0 radical (unpaired) electrons. The molecule has 0 atom stereocenters. The van der Waals surface area contributed by atoms with Crippen molar-refractivity contribution >= 4 is 5.91 Å². The van der Waals surface area contributed by atoms with Crippen molar-refractivity contribution in [3.8, 4) is 11.5 Å². The third kappa shape index (κ3) is 5.67. The van der Waals surface area contributed by atoms with Crippen molar-refractivity contribution in [3.63, 3.8) is 0 Å². The lowest BCUT2D eigenvalue weighted by Crippen LogP contribution is -2.24. The largest absolute Gasteiger partial charge is 0.490 e. The molecule has 1 heterocycles. The average Bonchev–Trinajstić information content (AvgIpc) is 3.44. The fraction of sp³-hybridized carbons (Fsp3) is 0.524. The zero-order valence-electron chi connectivity index (χ0n) is 17.1. The summed E-state index contributed by atoms with van der Waals surface area (Å²) < 4.78 is 51.3. The molecule has 30 heavy (non-hydrogen) atoms. The van der Waals surface area contributed by atoms with Gasteiger partial charge in [0.05, 0.1) is 13.2 Å². The Hall–Kier alpha value is -2.71. The van der Waals surface area contributed by atoms with Crippen molar-refractivity contribution in [2.24, 2.45) is 0 Å². The Morgan fingerprint density at radius 2 is 1.87 bits per heavy atom. The molecule has 1 fully saturated rings. The molecule has 6 nitrogen and oxygen atoms in total. The van der Waals surface area contributed by atoms with Crippen LogP contribution in [-0.2, 0) is 24.1 Å².